The molecule has 0 aliphatic heterocycles. The van der Waals surface area contributed by atoms with Gasteiger partial charge in [0.25, 0.3) is 0 Å². The van der Waals surface area contributed by atoms with Crippen LogP contribution in [-0.2, 0) is 4.79 Å². The van der Waals surface area contributed by atoms with Gasteiger partial charge in [-0.3, -0.25) is 4.79 Å². The Morgan fingerprint density at radius 2 is 1.85 bits per heavy atom. The van der Waals surface area contributed by atoms with E-state index in [1.54, 1.807) is 37.3 Å². The highest BCUT2D eigenvalue weighted by Crippen LogP contribution is 2.27. The predicted molar refractivity (Wildman–Crippen MR) is 80.7 cm³/mol. The Morgan fingerprint density at radius 1 is 1.15 bits per heavy atom. The van der Waals surface area contributed by atoms with E-state index >= 15 is 0 Å². The molecule has 7 heteroatoms. The summed E-state index contributed by atoms with van der Waals surface area (Å²) in [6.45, 7) is 1.77. The number of benzene rings is 1. The van der Waals surface area contributed by atoms with Crippen LogP contribution >= 0.6 is 23.2 Å². The molecule has 0 aliphatic rings. The topological polar surface area (TPSA) is 66.9 Å². The van der Waals surface area contributed by atoms with E-state index in [2.05, 4.69) is 20.8 Å². The van der Waals surface area contributed by atoms with Gasteiger partial charge in [0, 0.05) is 11.4 Å². The quantitative estimate of drug-likeness (QED) is 0.899. The van der Waals surface area contributed by atoms with Crippen LogP contribution in [0.3, 0.4) is 0 Å². The van der Waals surface area contributed by atoms with Crippen LogP contribution in [0.2, 0.25) is 10.0 Å². The molecule has 0 aliphatic carbocycles. The highest BCUT2D eigenvalue weighted by molar-refractivity contribution is 6.36. The van der Waals surface area contributed by atoms with Crippen molar-refractivity contribution in [2.45, 2.75) is 13.3 Å². The average molecular weight is 311 g/mol. The number of nitrogens with one attached hydrogen (secondary N) is 2. The Balaban J connectivity index is 2.08. The van der Waals surface area contributed by atoms with Gasteiger partial charge in [0.15, 0.2) is 11.6 Å². The third-order valence-corrected chi connectivity index (χ3v) is 2.99. The number of halogens is 2. The van der Waals surface area contributed by atoms with E-state index in [0.717, 1.165) is 0 Å². The summed E-state index contributed by atoms with van der Waals surface area (Å²) in [5.41, 5.74) is 0.677. The van der Waals surface area contributed by atoms with Crippen molar-refractivity contribution < 1.29 is 4.79 Å². The van der Waals surface area contributed by atoms with Gasteiger partial charge >= 0.3 is 0 Å². The normalized spacial score (nSPS) is 10.2. The fourth-order valence-corrected chi connectivity index (χ4v) is 1.88. The molecule has 0 saturated heterocycles. The standard InChI is InChI=1S/C13H12Cl2N4O/c1-2-13(20)17-12-6-5-11(18-19-12)16-10-4-3-8(14)7-9(10)15/h3-7H,2H2,1H3,(H,16,18)(H,17,19,20). The van der Waals surface area contributed by atoms with Crippen molar-refractivity contribution >= 4 is 46.4 Å². The van der Waals surface area contributed by atoms with Crippen molar-refractivity contribution in [2.75, 3.05) is 10.6 Å². The summed E-state index contributed by atoms with van der Waals surface area (Å²) in [6.07, 6.45) is 0.391. The van der Waals surface area contributed by atoms with Crippen LogP contribution < -0.4 is 10.6 Å². The number of rotatable bonds is 4. The molecule has 0 saturated carbocycles. The second kappa shape index (κ2) is 6.54. The summed E-state index contributed by atoms with van der Waals surface area (Å²) in [4.78, 5) is 11.2. The van der Waals surface area contributed by atoms with Gasteiger partial charge in [-0.15, -0.1) is 10.2 Å². The number of carbonyl (C=O) groups is 1. The number of aromatic nitrogens is 2. The first kappa shape index (κ1) is 14.6. The molecule has 0 fully saturated rings. The van der Waals surface area contributed by atoms with E-state index < -0.39 is 0 Å². The molecule has 1 amide bonds. The summed E-state index contributed by atoms with van der Waals surface area (Å²) in [7, 11) is 0. The lowest BCUT2D eigenvalue weighted by Crippen LogP contribution is -2.11. The van der Waals surface area contributed by atoms with Crippen molar-refractivity contribution in [1.82, 2.24) is 10.2 Å². The van der Waals surface area contributed by atoms with E-state index in [0.29, 0.717) is 33.8 Å². The summed E-state index contributed by atoms with van der Waals surface area (Å²) < 4.78 is 0. The lowest BCUT2D eigenvalue weighted by atomic mass is 10.3. The average Bonchev–Trinajstić information content (AvgIpc) is 2.44. The largest absolute Gasteiger partial charge is 0.338 e. The molecule has 20 heavy (non-hydrogen) atoms. The van der Waals surface area contributed by atoms with Crippen LogP contribution in [0.4, 0.5) is 17.3 Å². The fraction of sp³-hybridized carbons (Fsp3) is 0.154. The maximum absolute atomic E-state index is 11.2. The van der Waals surface area contributed by atoms with E-state index in [9.17, 15) is 4.79 Å². The Kier molecular flexibility index (Phi) is 4.76. The monoisotopic (exact) mass is 310 g/mol. The third-order valence-electron chi connectivity index (χ3n) is 2.45. The van der Waals surface area contributed by atoms with Crippen LogP contribution in [0, 0.1) is 0 Å². The number of hydrogen-bond donors (Lipinski definition) is 2. The molecular formula is C13H12Cl2N4O. The molecule has 5 nitrogen and oxygen atoms in total. The van der Waals surface area contributed by atoms with Gasteiger partial charge < -0.3 is 10.6 Å². The van der Waals surface area contributed by atoms with Gasteiger partial charge in [0.1, 0.15) is 0 Å². The molecule has 0 spiro atoms. The molecule has 2 N–H and O–H groups in total. The maximum atomic E-state index is 11.2. The van der Waals surface area contributed by atoms with E-state index in [1.807, 2.05) is 0 Å². The Bertz CT molecular complexity index is 616. The molecule has 1 aromatic carbocycles. The molecule has 2 aromatic rings. The molecule has 104 valence electrons. The number of carbonyl (C=O) groups excluding carboxylic acids is 1. The molecule has 0 bridgehead atoms. The second-order valence-corrected chi connectivity index (χ2v) is 4.80. The summed E-state index contributed by atoms with van der Waals surface area (Å²) >= 11 is 11.9. The lowest BCUT2D eigenvalue weighted by molar-refractivity contribution is -0.115. The number of nitrogens with zero attached hydrogens (tertiary/aromatic N) is 2. The van der Waals surface area contributed by atoms with Gasteiger partial charge in [-0.25, -0.2) is 0 Å². The number of amides is 1. The first-order chi connectivity index (χ1) is 9.58. The first-order valence-corrected chi connectivity index (χ1v) is 6.69. The minimum Gasteiger partial charge on any atom is -0.338 e. The summed E-state index contributed by atoms with van der Waals surface area (Å²) in [5.74, 6) is 0.814. The molecule has 0 atom stereocenters. The zero-order chi connectivity index (χ0) is 14.5. The van der Waals surface area contributed by atoms with Gasteiger partial charge in [-0.2, -0.15) is 0 Å². The van der Waals surface area contributed by atoms with Gasteiger partial charge in [0.2, 0.25) is 5.91 Å². The fourth-order valence-electron chi connectivity index (χ4n) is 1.43. The van der Waals surface area contributed by atoms with Crippen molar-refractivity contribution in [3.63, 3.8) is 0 Å². The van der Waals surface area contributed by atoms with Crippen LogP contribution in [-0.4, -0.2) is 16.1 Å². The minimum atomic E-state index is -0.110. The predicted octanol–water partition coefficient (Wildman–Crippen LogP) is 3.88. The smallest absolute Gasteiger partial charge is 0.225 e. The van der Waals surface area contributed by atoms with E-state index in [-0.39, 0.29) is 5.91 Å². The molecule has 2 rings (SSSR count). The molecule has 1 heterocycles. The van der Waals surface area contributed by atoms with Crippen LogP contribution in [0.25, 0.3) is 0 Å². The first-order valence-electron chi connectivity index (χ1n) is 5.94. The molecular weight excluding hydrogens is 299 g/mol. The van der Waals surface area contributed by atoms with Crippen molar-refractivity contribution in [2.24, 2.45) is 0 Å². The van der Waals surface area contributed by atoms with Crippen molar-refractivity contribution in [3.05, 3.63) is 40.4 Å². The highest BCUT2D eigenvalue weighted by atomic mass is 35.5. The Labute approximate surface area is 126 Å². The van der Waals surface area contributed by atoms with Gasteiger partial charge in [-0.05, 0) is 30.3 Å². The Morgan fingerprint density at radius 3 is 2.45 bits per heavy atom. The second-order valence-electron chi connectivity index (χ2n) is 3.95. The SMILES string of the molecule is CCC(=O)Nc1ccc(Nc2ccc(Cl)cc2Cl)nn1. The van der Waals surface area contributed by atoms with Crippen molar-refractivity contribution in [1.29, 1.82) is 0 Å². The summed E-state index contributed by atoms with van der Waals surface area (Å²) in [5, 5.41) is 14.5. The maximum Gasteiger partial charge on any atom is 0.225 e. The van der Waals surface area contributed by atoms with E-state index in [1.165, 1.54) is 0 Å². The molecule has 0 radical (unpaired) electrons. The zero-order valence-electron chi connectivity index (χ0n) is 10.7. The molecule has 1 aromatic heterocycles. The van der Waals surface area contributed by atoms with Gasteiger partial charge in [-0.1, -0.05) is 30.1 Å². The molecule has 0 unspecified atom stereocenters. The summed E-state index contributed by atoms with van der Waals surface area (Å²) in [6, 6.07) is 8.46. The van der Waals surface area contributed by atoms with Crippen molar-refractivity contribution in [3.8, 4) is 0 Å². The number of hydrogen-bond acceptors (Lipinski definition) is 4. The third kappa shape index (κ3) is 3.82. The van der Waals surface area contributed by atoms with Crippen LogP contribution in [0.15, 0.2) is 30.3 Å². The van der Waals surface area contributed by atoms with Crippen LogP contribution in [0.5, 0.6) is 0 Å². The minimum absolute atomic E-state index is 0.110. The lowest BCUT2D eigenvalue weighted by Gasteiger charge is -2.08. The highest BCUT2D eigenvalue weighted by Gasteiger charge is 2.04. The zero-order valence-corrected chi connectivity index (χ0v) is 12.2. The van der Waals surface area contributed by atoms with Gasteiger partial charge in [0.05, 0.1) is 10.7 Å². The van der Waals surface area contributed by atoms with Crippen LogP contribution in [0.1, 0.15) is 13.3 Å². The number of anilines is 3. The Hall–Kier alpha value is -1.85. The van der Waals surface area contributed by atoms with E-state index in [4.69, 9.17) is 23.2 Å².